The zero-order valence-electron chi connectivity index (χ0n) is 12.3. The van der Waals surface area contributed by atoms with Gasteiger partial charge in [-0.25, -0.2) is 9.97 Å². The molecule has 5 heteroatoms. The monoisotopic (exact) mass is 300 g/mol. The van der Waals surface area contributed by atoms with E-state index in [-0.39, 0.29) is 0 Å². The third-order valence-corrected chi connectivity index (χ3v) is 4.34. The van der Waals surface area contributed by atoms with Crippen LogP contribution in [0.2, 0.25) is 0 Å². The van der Waals surface area contributed by atoms with E-state index in [1.165, 1.54) is 23.4 Å². The Kier molecular flexibility index (Phi) is 4.70. The maximum Gasteiger partial charge on any atom is 0.180 e. The van der Waals surface area contributed by atoms with Gasteiger partial charge in [0.1, 0.15) is 11.5 Å². The van der Waals surface area contributed by atoms with E-state index >= 15 is 0 Å². The van der Waals surface area contributed by atoms with Crippen molar-refractivity contribution in [1.82, 2.24) is 15.0 Å². The number of aryl methyl sites for hydroxylation is 1. The number of hydrogen-bond donors (Lipinski definition) is 1. The van der Waals surface area contributed by atoms with Crippen molar-refractivity contribution in [2.75, 3.05) is 23.9 Å². The van der Waals surface area contributed by atoms with Crippen LogP contribution in [0.5, 0.6) is 0 Å². The van der Waals surface area contributed by atoms with E-state index in [9.17, 15) is 0 Å². The van der Waals surface area contributed by atoms with E-state index in [4.69, 9.17) is 9.97 Å². The molecule has 0 saturated carbocycles. The topological polar surface area (TPSA) is 50.7 Å². The maximum absolute atomic E-state index is 4.72. The molecular weight excluding hydrogens is 280 g/mol. The fourth-order valence-corrected chi connectivity index (χ4v) is 3.04. The third kappa shape index (κ3) is 3.35. The van der Waals surface area contributed by atoms with Gasteiger partial charge in [0.2, 0.25) is 0 Å². The zero-order valence-corrected chi connectivity index (χ0v) is 13.1. The standard InChI is InChI=1S/C16H20N4S/c1-21-11-5-10-18-15-12-6-4-8-13(12)19-16(20-15)14-7-2-3-9-17-14/h2-3,7,9H,4-6,8,10-11H2,1H3,(H,18,19,20). The Hall–Kier alpha value is -1.62. The number of rotatable bonds is 6. The lowest BCUT2D eigenvalue weighted by Gasteiger charge is -2.11. The summed E-state index contributed by atoms with van der Waals surface area (Å²) in [7, 11) is 0. The van der Waals surface area contributed by atoms with Crippen LogP contribution in [0.3, 0.4) is 0 Å². The molecule has 0 unspecified atom stereocenters. The summed E-state index contributed by atoms with van der Waals surface area (Å²) in [5, 5.41) is 3.50. The molecule has 110 valence electrons. The summed E-state index contributed by atoms with van der Waals surface area (Å²) < 4.78 is 0. The van der Waals surface area contributed by atoms with Gasteiger partial charge in [0.15, 0.2) is 5.82 Å². The molecule has 2 heterocycles. The molecular formula is C16H20N4S. The van der Waals surface area contributed by atoms with Crippen LogP contribution in [0.1, 0.15) is 24.1 Å². The van der Waals surface area contributed by atoms with E-state index in [1.54, 1.807) is 6.20 Å². The lowest BCUT2D eigenvalue weighted by molar-refractivity contribution is 0.899. The molecule has 2 aromatic heterocycles. The van der Waals surface area contributed by atoms with Gasteiger partial charge in [-0.2, -0.15) is 11.8 Å². The smallest absolute Gasteiger partial charge is 0.180 e. The molecule has 2 aromatic rings. The first-order valence-corrected chi connectivity index (χ1v) is 8.82. The number of thioether (sulfide) groups is 1. The molecule has 3 rings (SSSR count). The number of nitrogens with one attached hydrogen (secondary N) is 1. The highest BCUT2D eigenvalue weighted by atomic mass is 32.2. The summed E-state index contributed by atoms with van der Waals surface area (Å²) in [6, 6.07) is 5.86. The Morgan fingerprint density at radius 3 is 3.00 bits per heavy atom. The Morgan fingerprint density at radius 2 is 2.19 bits per heavy atom. The van der Waals surface area contributed by atoms with Crippen LogP contribution >= 0.6 is 11.8 Å². The molecule has 0 amide bonds. The molecule has 0 fully saturated rings. The van der Waals surface area contributed by atoms with Crippen molar-refractivity contribution < 1.29 is 0 Å². The lowest BCUT2D eigenvalue weighted by Crippen LogP contribution is -2.09. The Bertz CT molecular complexity index is 601. The first-order valence-electron chi connectivity index (χ1n) is 7.42. The van der Waals surface area contributed by atoms with Gasteiger partial charge >= 0.3 is 0 Å². The number of aromatic nitrogens is 3. The number of pyridine rings is 1. The Morgan fingerprint density at radius 1 is 1.24 bits per heavy atom. The van der Waals surface area contributed by atoms with Crippen molar-refractivity contribution >= 4 is 17.6 Å². The summed E-state index contributed by atoms with van der Waals surface area (Å²) in [5.41, 5.74) is 3.34. The minimum Gasteiger partial charge on any atom is -0.370 e. The molecule has 0 radical (unpaired) electrons. The third-order valence-electron chi connectivity index (χ3n) is 3.64. The number of anilines is 1. The molecule has 0 bridgehead atoms. The normalized spacial score (nSPS) is 13.2. The molecule has 0 atom stereocenters. The first-order chi connectivity index (χ1) is 10.4. The molecule has 0 spiro atoms. The number of hydrogen-bond acceptors (Lipinski definition) is 5. The van der Waals surface area contributed by atoms with Gasteiger partial charge in [0, 0.05) is 24.0 Å². The Balaban J connectivity index is 1.86. The van der Waals surface area contributed by atoms with Crippen molar-refractivity contribution in [2.45, 2.75) is 25.7 Å². The second-order valence-electron chi connectivity index (χ2n) is 5.16. The van der Waals surface area contributed by atoms with Crippen LogP contribution in [0.4, 0.5) is 5.82 Å². The summed E-state index contributed by atoms with van der Waals surface area (Å²) in [6.07, 6.45) is 8.40. The quantitative estimate of drug-likeness (QED) is 0.830. The highest BCUT2D eigenvalue weighted by Gasteiger charge is 2.19. The molecule has 0 aliphatic heterocycles. The zero-order chi connectivity index (χ0) is 14.5. The van der Waals surface area contributed by atoms with Gasteiger partial charge in [-0.05, 0) is 49.8 Å². The molecule has 0 aromatic carbocycles. The van der Waals surface area contributed by atoms with Crippen molar-refractivity contribution in [3.05, 3.63) is 35.7 Å². The number of fused-ring (bicyclic) bond motifs is 1. The molecule has 1 aliphatic carbocycles. The van der Waals surface area contributed by atoms with Crippen LogP contribution in [-0.4, -0.2) is 33.5 Å². The molecule has 1 aliphatic rings. The van der Waals surface area contributed by atoms with Gasteiger partial charge in [0.25, 0.3) is 0 Å². The second kappa shape index (κ2) is 6.89. The van der Waals surface area contributed by atoms with E-state index in [2.05, 4.69) is 16.6 Å². The fourth-order valence-electron chi connectivity index (χ4n) is 2.61. The molecule has 21 heavy (non-hydrogen) atoms. The number of nitrogens with zero attached hydrogens (tertiary/aromatic N) is 3. The average Bonchev–Trinajstić information content (AvgIpc) is 3.01. The van der Waals surface area contributed by atoms with Crippen LogP contribution in [0.25, 0.3) is 11.5 Å². The highest BCUT2D eigenvalue weighted by molar-refractivity contribution is 7.98. The van der Waals surface area contributed by atoms with Gasteiger partial charge in [0.05, 0.1) is 0 Å². The average molecular weight is 300 g/mol. The predicted octanol–water partition coefficient (Wildman–Crippen LogP) is 3.19. The van der Waals surface area contributed by atoms with Crippen LogP contribution in [0, 0.1) is 0 Å². The van der Waals surface area contributed by atoms with E-state index in [0.29, 0.717) is 0 Å². The van der Waals surface area contributed by atoms with E-state index < -0.39 is 0 Å². The lowest BCUT2D eigenvalue weighted by atomic mass is 10.2. The van der Waals surface area contributed by atoms with E-state index in [0.717, 1.165) is 43.1 Å². The summed E-state index contributed by atoms with van der Waals surface area (Å²) in [5.74, 6) is 2.93. The minimum atomic E-state index is 0.739. The van der Waals surface area contributed by atoms with Crippen molar-refractivity contribution in [2.24, 2.45) is 0 Å². The predicted molar refractivity (Wildman–Crippen MR) is 88.8 cm³/mol. The molecule has 4 nitrogen and oxygen atoms in total. The van der Waals surface area contributed by atoms with Crippen molar-refractivity contribution in [3.8, 4) is 11.5 Å². The van der Waals surface area contributed by atoms with Crippen LogP contribution < -0.4 is 5.32 Å². The Labute approximate surface area is 129 Å². The largest absolute Gasteiger partial charge is 0.370 e. The highest BCUT2D eigenvalue weighted by Crippen LogP contribution is 2.28. The second-order valence-corrected chi connectivity index (χ2v) is 6.15. The van der Waals surface area contributed by atoms with Gasteiger partial charge in [-0.15, -0.1) is 0 Å². The summed E-state index contributed by atoms with van der Waals surface area (Å²) in [4.78, 5) is 13.8. The molecule has 1 N–H and O–H groups in total. The van der Waals surface area contributed by atoms with Crippen molar-refractivity contribution in [1.29, 1.82) is 0 Å². The summed E-state index contributed by atoms with van der Waals surface area (Å²) >= 11 is 1.88. The van der Waals surface area contributed by atoms with Crippen molar-refractivity contribution in [3.63, 3.8) is 0 Å². The molecule has 0 saturated heterocycles. The SMILES string of the molecule is CSCCCNc1nc(-c2ccccn2)nc2c1CCC2. The van der Waals surface area contributed by atoms with Gasteiger partial charge in [-0.3, -0.25) is 4.98 Å². The minimum absolute atomic E-state index is 0.739. The van der Waals surface area contributed by atoms with Crippen LogP contribution in [0.15, 0.2) is 24.4 Å². The van der Waals surface area contributed by atoms with Gasteiger partial charge in [-0.1, -0.05) is 6.07 Å². The fraction of sp³-hybridized carbons (Fsp3) is 0.438. The first kappa shape index (κ1) is 14.3. The van der Waals surface area contributed by atoms with E-state index in [1.807, 2.05) is 30.0 Å². The summed E-state index contributed by atoms with van der Waals surface area (Å²) in [6.45, 7) is 0.964. The maximum atomic E-state index is 4.72. The van der Waals surface area contributed by atoms with Gasteiger partial charge < -0.3 is 5.32 Å². The van der Waals surface area contributed by atoms with Crippen LogP contribution in [-0.2, 0) is 12.8 Å².